The monoisotopic (exact) mass is 234 g/mol. The van der Waals surface area contributed by atoms with Gasteiger partial charge in [-0.3, -0.25) is 0 Å². The topological polar surface area (TPSA) is 29.5 Å². The van der Waals surface area contributed by atoms with E-state index in [0.717, 1.165) is 24.2 Å². The molecule has 1 aliphatic rings. The molecule has 0 saturated heterocycles. The van der Waals surface area contributed by atoms with Crippen LogP contribution in [0.15, 0.2) is 12.1 Å². The summed E-state index contributed by atoms with van der Waals surface area (Å²) in [5, 5.41) is 10.2. The van der Waals surface area contributed by atoms with Crippen LogP contribution in [0.3, 0.4) is 0 Å². The summed E-state index contributed by atoms with van der Waals surface area (Å²) in [5.41, 5.74) is 3.40. The Morgan fingerprint density at radius 2 is 2.00 bits per heavy atom. The van der Waals surface area contributed by atoms with Gasteiger partial charge >= 0.3 is 0 Å². The van der Waals surface area contributed by atoms with Crippen molar-refractivity contribution in [3.63, 3.8) is 0 Å². The molecular weight excluding hydrogens is 212 g/mol. The van der Waals surface area contributed by atoms with Gasteiger partial charge in [0, 0.05) is 11.1 Å². The van der Waals surface area contributed by atoms with Crippen molar-refractivity contribution in [1.82, 2.24) is 0 Å². The molecule has 0 saturated carbocycles. The molecule has 0 aromatic heterocycles. The number of ether oxygens (including phenoxy) is 1. The van der Waals surface area contributed by atoms with Crippen LogP contribution in [0.2, 0.25) is 0 Å². The second-order valence-corrected chi connectivity index (χ2v) is 5.99. The molecule has 1 unspecified atom stereocenters. The molecule has 1 aliphatic heterocycles. The molecule has 1 heterocycles. The first-order valence-electron chi connectivity index (χ1n) is 6.35. The maximum Gasteiger partial charge on any atom is 0.128 e. The smallest absolute Gasteiger partial charge is 0.128 e. The maximum absolute atomic E-state index is 10.2. The third kappa shape index (κ3) is 2.47. The SMILES string of the molecule is Cc1cc2c(c(C(C)(C)C)c1)OCCCC2O. The zero-order chi connectivity index (χ0) is 12.6. The normalized spacial score (nSPS) is 20.4. The van der Waals surface area contributed by atoms with Crippen LogP contribution in [0.1, 0.15) is 56.4 Å². The molecule has 0 radical (unpaired) electrons. The molecule has 0 bridgehead atoms. The molecule has 94 valence electrons. The van der Waals surface area contributed by atoms with Crippen LogP contribution in [0, 0.1) is 6.92 Å². The highest BCUT2D eigenvalue weighted by atomic mass is 16.5. The van der Waals surface area contributed by atoms with Crippen molar-refractivity contribution in [3.05, 3.63) is 28.8 Å². The van der Waals surface area contributed by atoms with Crippen molar-refractivity contribution in [3.8, 4) is 5.75 Å². The van der Waals surface area contributed by atoms with Crippen LogP contribution in [0.4, 0.5) is 0 Å². The fourth-order valence-corrected chi connectivity index (χ4v) is 2.37. The van der Waals surface area contributed by atoms with Crippen LogP contribution in [-0.4, -0.2) is 11.7 Å². The van der Waals surface area contributed by atoms with E-state index in [1.165, 1.54) is 11.1 Å². The van der Waals surface area contributed by atoms with Gasteiger partial charge in [-0.25, -0.2) is 0 Å². The Bertz CT molecular complexity index is 416. The number of aryl methyl sites for hydroxylation is 1. The lowest BCUT2D eigenvalue weighted by atomic mass is 9.83. The van der Waals surface area contributed by atoms with Gasteiger partial charge in [0.15, 0.2) is 0 Å². The second kappa shape index (κ2) is 4.34. The summed E-state index contributed by atoms with van der Waals surface area (Å²) in [6.07, 6.45) is 1.33. The number of benzene rings is 1. The Morgan fingerprint density at radius 3 is 2.65 bits per heavy atom. The number of rotatable bonds is 0. The zero-order valence-electron chi connectivity index (χ0n) is 11.2. The lowest BCUT2D eigenvalue weighted by molar-refractivity contribution is 0.167. The predicted octanol–water partition coefficient (Wildman–Crippen LogP) is 3.50. The minimum atomic E-state index is -0.381. The van der Waals surface area contributed by atoms with Gasteiger partial charge in [0.25, 0.3) is 0 Å². The first-order valence-corrected chi connectivity index (χ1v) is 6.35. The highest BCUT2D eigenvalue weighted by molar-refractivity contribution is 5.49. The van der Waals surface area contributed by atoms with E-state index < -0.39 is 0 Å². The van der Waals surface area contributed by atoms with E-state index >= 15 is 0 Å². The molecule has 0 fully saturated rings. The summed E-state index contributed by atoms with van der Waals surface area (Å²) in [6.45, 7) is 9.33. The molecule has 1 N–H and O–H groups in total. The van der Waals surface area contributed by atoms with E-state index in [0.29, 0.717) is 6.61 Å². The van der Waals surface area contributed by atoms with E-state index in [9.17, 15) is 5.11 Å². The van der Waals surface area contributed by atoms with Crippen molar-refractivity contribution in [2.24, 2.45) is 0 Å². The van der Waals surface area contributed by atoms with Gasteiger partial charge in [0.2, 0.25) is 0 Å². The minimum Gasteiger partial charge on any atom is -0.493 e. The van der Waals surface area contributed by atoms with E-state index in [4.69, 9.17) is 4.74 Å². The van der Waals surface area contributed by atoms with Gasteiger partial charge in [-0.2, -0.15) is 0 Å². The van der Waals surface area contributed by atoms with Gasteiger partial charge in [0.05, 0.1) is 12.7 Å². The largest absolute Gasteiger partial charge is 0.493 e. The van der Waals surface area contributed by atoms with Crippen molar-refractivity contribution >= 4 is 0 Å². The number of fused-ring (bicyclic) bond motifs is 1. The van der Waals surface area contributed by atoms with Gasteiger partial charge < -0.3 is 9.84 Å². The Kier molecular flexibility index (Phi) is 3.17. The summed E-state index contributed by atoms with van der Waals surface area (Å²) in [6, 6.07) is 4.23. The fourth-order valence-electron chi connectivity index (χ4n) is 2.37. The molecular formula is C15H22O2. The third-order valence-corrected chi connectivity index (χ3v) is 3.30. The average Bonchev–Trinajstić information content (AvgIpc) is 2.39. The van der Waals surface area contributed by atoms with E-state index in [1.807, 2.05) is 0 Å². The minimum absolute atomic E-state index is 0.0418. The highest BCUT2D eigenvalue weighted by Crippen LogP contribution is 2.40. The van der Waals surface area contributed by atoms with Gasteiger partial charge in [-0.1, -0.05) is 32.4 Å². The number of aliphatic hydroxyl groups is 1. The molecule has 1 aromatic carbocycles. The summed E-state index contributed by atoms with van der Waals surface area (Å²) >= 11 is 0. The quantitative estimate of drug-likeness (QED) is 0.744. The van der Waals surface area contributed by atoms with Crippen LogP contribution in [0.5, 0.6) is 5.75 Å². The number of hydrogen-bond donors (Lipinski definition) is 1. The fraction of sp³-hybridized carbons (Fsp3) is 0.600. The molecule has 2 nitrogen and oxygen atoms in total. The van der Waals surface area contributed by atoms with Crippen LogP contribution >= 0.6 is 0 Å². The summed E-state index contributed by atoms with van der Waals surface area (Å²) in [4.78, 5) is 0. The maximum atomic E-state index is 10.2. The predicted molar refractivity (Wildman–Crippen MR) is 69.6 cm³/mol. The molecule has 0 aliphatic carbocycles. The molecule has 17 heavy (non-hydrogen) atoms. The van der Waals surface area contributed by atoms with Crippen molar-refractivity contribution in [1.29, 1.82) is 0 Å². The Morgan fingerprint density at radius 1 is 1.29 bits per heavy atom. The van der Waals surface area contributed by atoms with Gasteiger partial charge in [-0.05, 0) is 31.2 Å². The number of aliphatic hydroxyl groups excluding tert-OH is 1. The zero-order valence-corrected chi connectivity index (χ0v) is 11.2. The molecule has 1 atom stereocenters. The summed E-state index contributed by atoms with van der Waals surface area (Å²) in [5.74, 6) is 0.910. The van der Waals surface area contributed by atoms with E-state index in [2.05, 4.69) is 39.8 Å². The third-order valence-electron chi connectivity index (χ3n) is 3.30. The summed E-state index contributed by atoms with van der Waals surface area (Å²) in [7, 11) is 0. The van der Waals surface area contributed by atoms with E-state index in [-0.39, 0.29) is 11.5 Å². The first kappa shape index (κ1) is 12.4. The second-order valence-electron chi connectivity index (χ2n) is 5.99. The van der Waals surface area contributed by atoms with E-state index in [1.54, 1.807) is 0 Å². The van der Waals surface area contributed by atoms with Gasteiger partial charge in [-0.15, -0.1) is 0 Å². The lowest BCUT2D eigenvalue weighted by Crippen LogP contribution is -2.15. The van der Waals surface area contributed by atoms with Crippen LogP contribution < -0.4 is 4.74 Å². The van der Waals surface area contributed by atoms with Crippen molar-refractivity contribution in [2.75, 3.05) is 6.61 Å². The molecule has 1 aromatic rings. The molecule has 2 rings (SSSR count). The summed E-state index contributed by atoms with van der Waals surface area (Å²) < 4.78 is 5.87. The molecule has 0 amide bonds. The Labute approximate surface area is 104 Å². The lowest BCUT2D eigenvalue weighted by Gasteiger charge is -2.25. The first-order chi connectivity index (χ1) is 7.89. The van der Waals surface area contributed by atoms with Crippen molar-refractivity contribution < 1.29 is 9.84 Å². The standard InChI is InChI=1S/C15H22O2/c1-10-8-11-13(16)6-5-7-17-14(11)12(9-10)15(2,3)4/h8-9,13,16H,5-7H2,1-4H3. The van der Waals surface area contributed by atoms with Crippen molar-refractivity contribution in [2.45, 2.75) is 52.1 Å². The van der Waals surface area contributed by atoms with Gasteiger partial charge in [0.1, 0.15) is 5.75 Å². The van der Waals surface area contributed by atoms with Crippen LogP contribution in [-0.2, 0) is 5.41 Å². The Balaban J connectivity index is 2.61. The number of hydrogen-bond acceptors (Lipinski definition) is 2. The molecule has 0 spiro atoms. The molecule has 2 heteroatoms. The highest BCUT2D eigenvalue weighted by Gasteiger charge is 2.26. The van der Waals surface area contributed by atoms with Crippen LogP contribution in [0.25, 0.3) is 0 Å². The Hall–Kier alpha value is -1.02. The average molecular weight is 234 g/mol.